The summed E-state index contributed by atoms with van der Waals surface area (Å²) in [6, 6.07) is 18.9. The lowest BCUT2D eigenvalue weighted by Gasteiger charge is -2.33. The number of sulfonamides is 1. The summed E-state index contributed by atoms with van der Waals surface area (Å²) >= 11 is 12.3. The van der Waals surface area contributed by atoms with E-state index in [1.807, 2.05) is 13.8 Å². The smallest absolute Gasteiger partial charge is 0.264 e. The van der Waals surface area contributed by atoms with Gasteiger partial charge in [-0.1, -0.05) is 72.6 Å². The standard InChI is InChI=1S/C29H33Cl2N3O4S/c1-5-21(3)32-29(36)22(4)33(18-23-15-16-25(30)26(31)17-23)28(35)19-34(27-14-10-9-11-20(27)2)39(37,38)24-12-7-6-8-13-24/h6-17,21-22H,5,18-19H2,1-4H3,(H,32,36). The van der Waals surface area contributed by atoms with Gasteiger partial charge in [0.15, 0.2) is 0 Å². The Morgan fingerprint density at radius 3 is 2.18 bits per heavy atom. The van der Waals surface area contributed by atoms with E-state index in [0.29, 0.717) is 26.9 Å². The van der Waals surface area contributed by atoms with Crippen LogP contribution in [0.2, 0.25) is 10.0 Å². The predicted molar refractivity (Wildman–Crippen MR) is 157 cm³/mol. The molecule has 1 N–H and O–H groups in total. The fraction of sp³-hybridized carbons (Fsp3) is 0.310. The second kappa shape index (κ2) is 13.3. The summed E-state index contributed by atoms with van der Waals surface area (Å²) < 4.78 is 28.7. The number of hydrogen-bond acceptors (Lipinski definition) is 4. The highest BCUT2D eigenvalue weighted by Crippen LogP contribution is 2.28. The molecule has 0 heterocycles. The average molecular weight is 591 g/mol. The normalized spacial score (nSPS) is 12.9. The summed E-state index contributed by atoms with van der Waals surface area (Å²) in [5.41, 5.74) is 1.71. The number of aryl methyl sites for hydroxylation is 1. The number of anilines is 1. The van der Waals surface area contributed by atoms with Crippen LogP contribution in [0.15, 0.2) is 77.7 Å². The van der Waals surface area contributed by atoms with Crippen molar-refractivity contribution in [2.75, 3.05) is 10.8 Å². The van der Waals surface area contributed by atoms with E-state index in [0.717, 1.165) is 10.7 Å². The first-order valence-electron chi connectivity index (χ1n) is 12.6. The maximum Gasteiger partial charge on any atom is 0.264 e. The number of nitrogens with one attached hydrogen (secondary N) is 1. The van der Waals surface area contributed by atoms with Crippen LogP contribution in [0.5, 0.6) is 0 Å². The third kappa shape index (κ3) is 7.53. The van der Waals surface area contributed by atoms with Crippen LogP contribution in [0.4, 0.5) is 5.69 Å². The van der Waals surface area contributed by atoms with Gasteiger partial charge in [0.2, 0.25) is 11.8 Å². The van der Waals surface area contributed by atoms with Gasteiger partial charge in [0, 0.05) is 12.6 Å². The molecule has 0 fully saturated rings. The number of rotatable bonds is 11. The molecule has 0 aliphatic rings. The summed E-state index contributed by atoms with van der Waals surface area (Å²) in [6.45, 7) is 6.74. The maximum absolute atomic E-state index is 14.0. The van der Waals surface area contributed by atoms with Crippen LogP contribution in [-0.4, -0.2) is 43.8 Å². The van der Waals surface area contributed by atoms with E-state index < -0.39 is 28.5 Å². The molecule has 0 aliphatic carbocycles. The van der Waals surface area contributed by atoms with E-state index >= 15 is 0 Å². The van der Waals surface area contributed by atoms with Crippen molar-refractivity contribution in [3.63, 3.8) is 0 Å². The molecule has 2 unspecified atom stereocenters. The minimum Gasteiger partial charge on any atom is -0.352 e. The van der Waals surface area contributed by atoms with Crippen molar-refractivity contribution in [2.24, 2.45) is 0 Å². The molecule has 208 valence electrons. The fourth-order valence-electron chi connectivity index (χ4n) is 3.96. The van der Waals surface area contributed by atoms with Gasteiger partial charge in [-0.25, -0.2) is 8.42 Å². The number of hydrogen-bond donors (Lipinski definition) is 1. The Morgan fingerprint density at radius 2 is 1.56 bits per heavy atom. The van der Waals surface area contributed by atoms with E-state index in [9.17, 15) is 18.0 Å². The van der Waals surface area contributed by atoms with Gasteiger partial charge in [-0.2, -0.15) is 0 Å². The quantitative estimate of drug-likeness (QED) is 0.305. The summed E-state index contributed by atoms with van der Waals surface area (Å²) in [7, 11) is -4.11. The van der Waals surface area contributed by atoms with E-state index in [2.05, 4.69) is 5.32 Å². The van der Waals surface area contributed by atoms with Gasteiger partial charge in [0.1, 0.15) is 12.6 Å². The number of para-hydroxylation sites is 1. The molecule has 0 saturated heterocycles. The third-order valence-electron chi connectivity index (χ3n) is 6.50. The molecule has 0 spiro atoms. The van der Waals surface area contributed by atoms with Crippen LogP contribution in [0, 0.1) is 6.92 Å². The topological polar surface area (TPSA) is 86.8 Å². The molecule has 2 atom stereocenters. The van der Waals surface area contributed by atoms with Crippen LogP contribution in [-0.2, 0) is 26.2 Å². The lowest BCUT2D eigenvalue weighted by molar-refractivity contribution is -0.139. The van der Waals surface area contributed by atoms with Gasteiger partial charge < -0.3 is 10.2 Å². The molecule has 39 heavy (non-hydrogen) atoms. The zero-order valence-corrected chi connectivity index (χ0v) is 24.7. The summed E-state index contributed by atoms with van der Waals surface area (Å²) in [4.78, 5) is 28.5. The van der Waals surface area contributed by atoms with Crippen LogP contribution in [0.1, 0.15) is 38.3 Å². The van der Waals surface area contributed by atoms with Gasteiger partial charge in [-0.15, -0.1) is 0 Å². The van der Waals surface area contributed by atoms with Gasteiger partial charge in [0.05, 0.1) is 20.6 Å². The van der Waals surface area contributed by atoms with E-state index in [1.54, 1.807) is 74.5 Å². The van der Waals surface area contributed by atoms with Crippen LogP contribution in [0.3, 0.4) is 0 Å². The zero-order valence-electron chi connectivity index (χ0n) is 22.4. The molecule has 3 aromatic rings. The molecular weight excluding hydrogens is 557 g/mol. The summed E-state index contributed by atoms with van der Waals surface area (Å²) in [5, 5.41) is 3.58. The van der Waals surface area contributed by atoms with E-state index in [-0.39, 0.29) is 23.4 Å². The molecule has 2 amide bonds. The van der Waals surface area contributed by atoms with Crippen molar-refractivity contribution in [3.05, 3.63) is 94.0 Å². The lowest BCUT2D eigenvalue weighted by Crippen LogP contribution is -2.52. The van der Waals surface area contributed by atoms with Crippen LogP contribution < -0.4 is 9.62 Å². The monoisotopic (exact) mass is 589 g/mol. The largest absolute Gasteiger partial charge is 0.352 e. The van der Waals surface area contributed by atoms with Crippen molar-refractivity contribution in [2.45, 2.75) is 57.6 Å². The minimum atomic E-state index is -4.11. The van der Waals surface area contributed by atoms with Crippen LogP contribution in [0.25, 0.3) is 0 Å². The van der Waals surface area contributed by atoms with Crippen molar-refractivity contribution in [1.29, 1.82) is 0 Å². The maximum atomic E-state index is 14.0. The molecule has 7 nitrogen and oxygen atoms in total. The van der Waals surface area contributed by atoms with Gasteiger partial charge in [-0.3, -0.25) is 13.9 Å². The molecule has 0 saturated carbocycles. The molecule has 3 aromatic carbocycles. The molecule has 0 bridgehead atoms. The molecule has 0 radical (unpaired) electrons. The Kier molecular flexibility index (Phi) is 10.4. The summed E-state index contributed by atoms with van der Waals surface area (Å²) in [5.74, 6) is -0.887. The van der Waals surface area contributed by atoms with Crippen molar-refractivity contribution in [3.8, 4) is 0 Å². The number of carbonyl (C=O) groups excluding carboxylic acids is 2. The summed E-state index contributed by atoms with van der Waals surface area (Å²) in [6.07, 6.45) is 0.718. The Labute approximate surface area is 240 Å². The van der Waals surface area contributed by atoms with E-state index in [1.165, 1.54) is 17.0 Å². The average Bonchev–Trinajstić information content (AvgIpc) is 2.92. The lowest BCUT2D eigenvalue weighted by atomic mass is 10.1. The zero-order chi connectivity index (χ0) is 28.7. The second-order valence-electron chi connectivity index (χ2n) is 9.38. The van der Waals surface area contributed by atoms with Crippen molar-refractivity contribution < 1.29 is 18.0 Å². The molecule has 0 aromatic heterocycles. The Balaban J connectivity index is 2.04. The van der Waals surface area contributed by atoms with E-state index in [4.69, 9.17) is 23.2 Å². The second-order valence-corrected chi connectivity index (χ2v) is 12.1. The first kappa shape index (κ1) is 30.5. The van der Waals surface area contributed by atoms with Crippen LogP contribution >= 0.6 is 23.2 Å². The fourth-order valence-corrected chi connectivity index (χ4v) is 5.78. The number of halogens is 2. The highest BCUT2D eigenvalue weighted by Gasteiger charge is 2.33. The molecule has 3 rings (SSSR count). The SMILES string of the molecule is CCC(C)NC(=O)C(C)N(Cc1ccc(Cl)c(Cl)c1)C(=O)CN(c1ccccc1C)S(=O)(=O)c1ccccc1. The Bertz CT molecular complexity index is 1420. The number of amides is 2. The van der Waals surface area contributed by atoms with Crippen molar-refractivity contribution >= 4 is 50.7 Å². The number of nitrogens with zero attached hydrogens (tertiary/aromatic N) is 2. The minimum absolute atomic E-state index is 0.0256. The molecule has 10 heteroatoms. The molecular formula is C29H33Cl2N3O4S. The Hall–Kier alpha value is -3.07. The van der Waals surface area contributed by atoms with Crippen molar-refractivity contribution in [1.82, 2.24) is 10.2 Å². The van der Waals surface area contributed by atoms with Gasteiger partial charge in [0.25, 0.3) is 10.0 Å². The Morgan fingerprint density at radius 1 is 0.923 bits per heavy atom. The third-order valence-corrected chi connectivity index (χ3v) is 9.01. The predicted octanol–water partition coefficient (Wildman–Crippen LogP) is 5.83. The highest BCUT2D eigenvalue weighted by atomic mass is 35.5. The first-order valence-corrected chi connectivity index (χ1v) is 14.8. The molecule has 0 aliphatic heterocycles. The number of carbonyl (C=O) groups is 2. The highest BCUT2D eigenvalue weighted by molar-refractivity contribution is 7.92. The number of benzene rings is 3. The van der Waals surface area contributed by atoms with Gasteiger partial charge in [-0.05, 0) is 68.7 Å². The first-order chi connectivity index (χ1) is 18.4. The van der Waals surface area contributed by atoms with Gasteiger partial charge >= 0.3 is 0 Å².